The lowest BCUT2D eigenvalue weighted by Gasteiger charge is -2.47. The summed E-state index contributed by atoms with van der Waals surface area (Å²) in [7, 11) is -17.9. The molecule has 7 N–H and O–H groups in total. The maximum Gasteiger partial charge on any atom is 0.270 e. The van der Waals surface area contributed by atoms with Gasteiger partial charge in [0.2, 0.25) is 0 Å². The topological polar surface area (TPSA) is 313 Å². The average Bonchev–Trinajstić information content (AvgIpc) is 3.04. The minimum atomic E-state index is -4.81. The molecule has 0 aliphatic heterocycles. The SMILES string of the molecule is NC1CC2C(CC1S(=O)(=O)O)CC(S(=O)(=O)O)C(N=NC1CCC(N=NC3CCC4C(CCCC4S(=O)(=O)O)C3)C3CCC(S(=O)(=O)O)CC13)C2O. The van der Waals surface area contributed by atoms with Crippen LogP contribution in [0.25, 0.3) is 0 Å². The fourth-order valence-corrected chi connectivity index (χ4v) is 15.1. The van der Waals surface area contributed by atoms with E-state index in [4.69, 9.17) is 16.0 Å². The lowest BCUT2D eigenvalue weighted by molar-refractivity contribution is -0.00924. The van der Waals surface area contributed by atoms with Crippen molar-refractivity contribution in [2.45, 2.75) is 147 Å². The Hall–Kier alpha value is -1.24. The van der Waals surface area contributed by atoms with Gasteiger partial charge < -0.3 is 10.8 Å². The Bertz CT molecular complexity index is 1830. The Morgan fingerprint density at radius 3 is 1.71 bits per heavy atom. The van der Waals surface area contributed by atoms with Gasteiger partial charge in [0.05, 0.1) is 34.7 Å². The van der Waals surface area contributed by atoms with Crippen LogP contribution in [-0.2, 0) is 40.5 Å². The Kier molecular flexibility index (Phi) is 11.7. The molecule has 0 aromatic rings. The molecule has 6 aliphatic carbocycles. The van der Waals surface area contributed by atoms with Gasteiger partial charge >= 0.3 is 0 Å². The van der Waals surface area contributed by atoms with Crippen molar-refractivity contribution in [2.75, 3.05) is 0 Å². The van der Waals surface area contributed by atoms with Crippen molar-refractivity contribution in [3.8, 4) is 0 Å². The highest BCUT2D eigenvalue weighted by Crippen LogP contribution is 2.48. The fraction of sp³-hybridized carbons (Fsp3) is 1.00. The van der Waals surface area contributed by atoms with Crippen LogP contribution in [0.1, 0.15) is 89.9 Å². The molecule has 6 saturated carbocycles. The molecule has 0 heterocycles. The van der Waals surface area contributed by atoms with Gasteiger partial charge in [0.1, 0.15) is 16.5 Å². The second-order valence-electron chi connectivity index (χ2n) is 16.2. The van der Waals surface area contributed by atoms with Crippen molar-refractivity contribution >= 4 is 40.5 Å². The van der Waals surface area contributed by atoms with Crippen LogP contribution >= 0.6 is 0 Å². The summed E-state index contributed by atoms with van der Waals surface area (Å²) in [6.07, 6.45) is 3.46. The third-order valence-electron chi connectivity index (χ3n) is 13.4. The third kappa shape index (κ3) is 8.59. The van der Waals surface area contributed by atoms with E-state index in [1.165, 1.54) is 0 Å². The number of hydrogen-bond acceptors (Lipinski definition) is 14. The zero-order valence-electron chi connectivity index (χ0n) is 28.6. The van der Waals surface area contributed by atoms with Crippen molar-refractivity contribution in [3.05, 3.63) is 0 Å². The maximum atomic E-state index is 12.6. The van der Waals surface area contributed by atoms with E-state index in [-0.39, 0.29) is 61.9 Å². The van der Waals surface area contributed by atoms with Gasteiger partial charge in [-0.05, 0) is 113 Å². The summed E-state index contributed by atoms with van der Waals surface area (Å²) < 4.78 is 137. The first-order valence-electron chi connectivity index (χ1n) is 18.2. The second kappa shape index (κ2) is 15.0. The molecule has 0 bridgehead atoms. The van der Waals surface area contributed by atoms with Gasteiger partial charge in [0, 0.05) is 6.04 Å². The Labute approximate surface area is 305 Å². The van der Waals surface area contributed by atoms with Crippen molar-refractivity contribution in [1.29, 1.82) is 0 Å². The molecule has 6 rings (SSSR count). The summed E-state index contributed by atoms with van der Waals surface area (Å²) >= 11 is 0. The van der Waals surface area contributed by atoms with E-state index in [9.17, 15) is 57.0 Å². The lowest BCUT2D eigenvalue weighted by Crippen LogP contribution is -2.58. The number of rotatable bonds is 8. The summed E-state index contributed by atoms with van der Waals surface area (Å²) in [5, 5.41) is 24.9. The monoisotopic (exact) mass is 817 g/mol. The third-order valence-corrected chi connectivity index (χ3v) is 18.5. The van der Waals surface area contributed by atoms with Gasteiger partial charge in [-0.2, -0.15) is 54.1 Å². The molecule has 6 fully saturated rings. The Balaban J connectivity index is 1.19. The molecule has 52 heavy (non-hydrogen) atoms. The van der Waals surface area contributed by atoms with E-state index in [0.29, 0.717) is 51.4 Å². The average molecular weight is 818 g/mol. The van der Waals surface area contributed by atoms with Crippen LogP contribution in [0.15, 0.2) is 20.5 Å². The van der Waals surface area contributed by atoms with Crippen LogP contribution in [0.3, 0.4) is 0 Å². The number of nitrogens with two attached hydrogens (primary N) is 1. The molecule has 22 heteroatoms. The van der Waals surface area contributed by atoms with E-state index in [0.717, 1.165) is 6.42 Å². The zero-order valence-corrected chi connectivity index (χ0v) is 31.9. The van der Waals surface area contributed by atoms with E-state index >= 15 is 0 Å². The lowest BCUT2D eigenvalue weighted by atomic mass is 9.66. The number of hydrogen-bond donors (Lipinski definition) is 6. The second-order valence-corrected chi connectivity index (χ2v) is 22.8. The van der Waals surface area contributed by atoms with Crippen LogP contribution < -0.4 is 5.73 Å². The molecular weight excluding hydrogens is 767 g/mol. The minimum Gasteiger partial charge on any atom is -0.390 e. The number of aliphatic hydroxyl groups excluding tert-OH is 1. The highest BCUT2D eigenvalue weighted by atomic mass is 32.2. The van der Waals surface area contributed by atoms with Gasteiger partial charge in [-0.3, -0.25) is 18.2 Å². The van der Waals surface area contributed by atoms with Crippen molar-refractivity contribution in [1.82, 2.24) is 0 Å². The van der Waals surface area contributed by atoms with Gasteiger partial charge in [-0.1, -0.05) is 12.8 Å². The summed E-state index contributed by atoms with van der Waals surface area (Å²) in [5.41, 5.74) is 6.06. The number of aliphatic hydroxyl groups is 1. The van der Waals surface area contributed by atoms with Crippen LogP contribution in [0.4, 0.5) is 0 Å². The standard InChI is InChI=1S/C30H51N5O13S4/c31-23-14-21-16(11-27(23)51(43,44)45)12-28(52(46,47)48)29(30(21)36)35-34-25-9-8-24(20-7-5-18(13-22(20)25)49(37,38)39)33-32-17-4-6-19-15(10-17)2-1-3-26(19)50(40,41)42/h15-30,36H,1-14,31H2,(H,37,38,39)(H,40,41,42)(H,43,44,45)(H,46,47,48). The van der Waals surface area contributed by atoms with Crippen LogP contribution in [-0.4, -0.2) is 114 Å². The fourth-order valence-electron chi connectivity index (χ4n) is 10.8. The molecule has 18 nitrogen and oxygen atoms in total. The van der Waals surface area contributed by atoms with Crippen LogP contribution in [0.5, 0.6) is 0 Å². The van der Waals surface area contributed by atoms with E-state index in [2.05, 4.69) is 10.2 Å². The predicted molar refractivity (Wildman–Crippen MR) is 186 cm³/mol. The molecule has 16 atom stereocenters. The van der Waals surface area contributed by atoms with Crippen molar-refractivity contribution in [2.24, 2.45) is 61.7 Å². The first-order chi connectivity index (χ1) is 24.1. The van der Waals surface area contributed by atoms with Gasteiger partial charge in [-0.25, -0.2) is 0 Å². The van der Waals surface area contributed by atoms with E-state index in [1.54, 1.807) is 0 Å². The van der Waals surface area contributed by atoms with Crippen LogP contribution in [0, 0.1) is 35.5 Å². The molecule has 0 radical (unpaired) electrons. The summed E-state index contributed by atoms with van der Waals surface area (Å²) in [6.45, 7) is 0. The molecule has 0 spiro atoms. The zero-order chi connectivity index (χ0) is 38.0. The molecule has 298 valence electrons. The molecule has 0 saturated heterocycles. The van der Waals surface area contributed by atoms with Crippen molar-refractivity contribution < 1.29 is 57.0 Å². The Morgan fingerprint density at radius 2 is 1.08 bits per heavy atom. The van der Waals surface area contributed by atoms with Crippen LogP contribution in [0.2, 0.25) is 0 Å². The number of azo groups is 2. The van der Waals surface area contributed by atoms with Gasteiger partial charge in [-0.15, -0.1) is 0 Å². The first kappa shape index (κ1) is 40.4. The minimum absolute atomic E-state index is 0.0408. The smallest absolute Gasteiger partial charge is 0.270 e. The molecule has 16 unspecified atom stereocenters. The normalized spacial score (nSPS) is 45.3. The highest BCUT2D eigenvalue weighted by molar-refractivity contribution is 7.87. The highest BCUT2D eigenvalue weighted by Gasteiger charge is 2.54. The van der Waals surface area contributed by atoms with Crippen molar-refractivity contribution in [3.63, 3.8) is 0 Å². The molecular formula is C30H51N5O13S4. The van der Waals surface area contributed by atoms with E-state index < -0.39 is 103 Å². The molecule has 0 amide bonds. The van der Waals surface area contributed by atoms with Gasteiger partial charge in [0.25, 0.3) is 40.5 Å². The Morgan fingerprint density at radius 1 is 0.481 bits per heavy atom. The maximum absolute atomic E-state index is 12.6. The predicted octanol–water partition coefficient (Wildman–Crippen LogP) is 2.32. The first-order valence-corrected chi connectivity index (χ1v) is 24.2. The number of nitrogens with zero attached hydrogens (tertiary/aromatic N) is 4. The number of fused-ring (bicyclic) bond motifs is 3. The quantitative estimate of drug-likeness (QED) is 0.151. The van der Waals surface area contributed by atoms with E-state index in [1.807, 2.05) is 0 Å². The van der Waals surface area contributed by atoms with Gasteiger partial charge in [0.15, 0.2) is 0 Å². The molecule has 6 aliphatic rings. The summed E-state index contributed by atoms with van der Waals surface area (Å²) in [6, 6.07) is -3.49. The largest absolute Gasteiger partial charge is 0.390 e. The summed E-state index contributed by atoms with van der Waals surface area (Å²) in [4.78, 5) is 0. The summed E-state index contributed by atoms with van der Waals surface area (Å²) in [5.74, 6) is -2.02. The molecule has 0 aromatic heterocycles. The molecule has 0 aromatic carbocycles.